The summed E-state index contributed by atoms with van der Waals surface area (Å²) < 4.78 is 0. The van der Waals surface area contributed by atoms with E-state index in [1.807, 2.05) is 18.7 Å². The van der Waals surface area contributed by atoms with E-state index in [0.29, 0.717) is 6.54 Å². The Hall–Kier alpha value is -0.810. The van der Waals surface area contributed by atoms with Gasteiger partial charge in [-0.2, -0.15) is 0 Å². The number of carbonyl (C=O) groups excluding carboxylic acids is 1. The molecule has 1 heterocycles. The van der Waals surface area contributed by atoms with Crippen molar-refractivity contribution in [1.82, 2.24) is 10.2 Å². The Bertz CT molecular complexity index is 317. The van der Waals surface area contributed by atoms with Gasteiger partial charge < -0.3 is 20.4 Å². The fourth-order valence-electron chi connectivity index (χ4n) is 2.76. The number of hydrogen-bond acceptors (Lipinski definition) is 3. The highest BCUT2D eigenvalue weighted by Crippen LogP contribution is 2.34. The molecule has 1 aliphatic rings. The molecule has 1 aliphatic heterocycles. The number of urea groups is 1. The predicted molar refractivity (Wildman–Crippen MR) is 84.1 cm³/mol. The van der Waals surface area contributed by atoms with E-state index in [4.69, 9.17) is 0 Å². The van der Waals surface area contributed by atoms with Gasteiger partial charge in [-0.15, -0.1) is 0 Å². The summed E-state index contributed by atoms with van der Waals surface area (Å²) in [5.41, 5.74) is -0.0559. The van der Waals surface area contributed by atoms with Crippen molar-refractivity contribution in [3.63, 3.8) is 0 Å². The first-order valence-electron chi connectivity index (χ1n) is 8.12. The zero-order valence-electron chi connectivity index (χ0n) is 13.8. The third kappa shape index (κ3) is 5.47. The number of carbonyl (C=O) groups is 1. The van der Waals surface area contributed by atoms with E-state index in [0.717, 1.165) is 45.2 Å². The molecule has 1 rings (SSSR count). The summed E-state index contributed by atoms with van der Waals surface area (Å²) in [5.74, 6) is 0. The number of hydrogen-bond donors (Lipinski definition) is 3. The van der Waals surface area contributed by atoms with Gasteiger partial charge in [0.1, 0.15) is 0 Å². The summed E-state index contributed by atoms with van der Waals surface area (Å²) in [5, 5.41) is 21.6. The minimum absolute atomic E-state index is 0.000512. The van der Waals surface area contributed by atoms with Crippen molar-refractivity contribution in [1.29, 1.82) is 0 Å². The molecule has 3 N–H and O–H groups in total. The molecule has 0 radical (unpaired) electrons. The maximum Gasteiger partial charge on any atom is 0.317 e. The lowest BCUT2D eigenvalue weighted by Crippen LogP contribution is -2.48. The lowest BCUT2D eigenvalue weighted by molar-refractivity contribution is 0.0519. The second-order valence-corrected chi connectivity index (χ2v) is 7.16. The van der Waals surface area contributed by atoms with E-state index in [1.54, 1.807) is 0 Å². The Morgan fingerprint density at radius 2 is 1.90 bits per heavy atom. The lowest BCUT2D eigenvalue weighted by atomic mass is 9.77. The molecule has 124 valence electrons. The maximum absolute atomic E-state index is 12.1. The molecule has 0 unspecified atom stereocenters. The molecule has 21 heavy (non-hydrogen) atoms. The van der Waals surface area contributed by atoms with Crippen LogP contribution in [-0.2, 0) is 0 Å². The van der Waals surface area contributed by atoms with Crippen LogP contribution in [0.5, 0.6) is 0 Å². The number of rotatable bonds is 7. The molecule has 5 nitrogen and oxygen atoms in total. The van der Waals surface area contributed by atoms with Gasteiger partial charge in [-0.1, -0.05) is 20.8 Å². The number of nitrogens with zero attached hydrogens (tertiary/aromatic N) is 1. The number of aliphatic hydroxyl groups excluding tert-OH is 2. The van der Waals surface area contributed by atoms with Crippen LogP contribution in [0.3, 0.4) is 0 Å². The zero-order chi connectivity index (χ0) is 15.9. The summed E-state index contributed by atoms with van der Waals surface area (Å²) >= 11 is 0. The molecule has 0 aromatic heterocycles. The normalized spacial score (nSPS) is 18.6. The highest BCUT2D eigenvalue weighted by Gasteiger charge is 2.33. The Morgan fingerprint density at radius 1 is 1.29 bits per heavy atom. The Morgan fingerprint density at radius 3 is 2.38 bits per heavy atom. The van der Waals surface area contributed by atoms with Crippen LogP contribution in [0.4, 0.5) is 4.79 Å². The van der Waals surface area contributed by atoms with Gasteiger partial charge in [0.25, 0.3) is 0 Å². The van der Waals surface area contributed by atoms with Crippen LogP contribution in [0.25, 0.3) is 0 Å². The van der Waals surface area contributed by atoms with Crippen molar-refractivity contribution in [2.45, 2.75) is 52.9 Å². The molecule has 1 saturated heterocycles. The smallest absolute Gasteiger partial charge is 0.317 e. The molecular weight excluding hydrogens is 268 g/mol. The summed E-state index contributed by atoms with van der Waals surface area (Å²) in [6.45, 7) is 8.65. The lowest BCUT2D eigenvalue weighted by Gasteiger charge is -2.40. The SMILES string of the molecule is CCC1(CO)CCN(C(=O)NCCCC(C)(C)CO)CC1. The van der Waals surface area contributed by atoms with E-state index in [9.17, 15) is 15.0 Å². The molecule has 0 aromatic rings. The van der Waals surface area contributed by atoms with Crippen LogP contribution in [0, 0.1) is 10.8 Å². The molecule has 0 aromatic carbocycles. The van der Waals surface area contributed by atoms with Gasteiger partial charge in [-0.3, -0.25) is 0 Å². The average Bonchev–Trinajstić information content (AvgIpc) is 2.51. The molecule has 5 heteroatoms. The molecular formula is C16H32N2O3. The van der Waals surface area contributed by atoms with Gasteiger partial charge in [0.05, 0.1) is 0 Å². The molecule has 0 bridgehead atoms. The summed E-state index contributed by atoms with van der Waals surface area (Å²) in [7, 11) is 0. The number of likely N-dealkylation sites (tertiary alicyclic amines) is 1. The second kappa shape index (κ2) is 7.99. The zero-order valence-corrected chi connectivity index (χ0v) is 13.8. The third-order valence-corrected chi connectivity index (χ3v) is 4.93. The molecule has 0 aliphatic carbocycles. The standard InChI is InChI=1S/C16H32N2O3/c1-4-16(13-20)7-10-18(11-8-16)14(21)17-9-5-6-15(2,3)12-19/h19-20H,4-13H2,1-3H3,(H,17,21). The summed E-state index contributed by atoms with van der Waals surface area (Å²) in [6.07, 6.45) is 4.50. The Labute approximate surface area is 128 Å². The predicted octanol–water partition coefficient (Wildman–Crippen LogP) is 1.98. The molecule has 1 fully saturated rings. The first kappa shape index (κ1) is 18.2. The van der Waals surface area contributed by atoms with E-state index < -0.39 is 0 Å². The minimum Gasteiger partial charge on any atom is -0.396 e. The first-order chi connectivity index (χ1) is 9.88. The molecule has 0 atom stereocenters. The average molecular weight is 300 g/mol. The highest BCUT2D eigenvalue weighted by atomic mass is 16.3. The van der Waals surface area contributed by atoms with Gasteiger partial charge in [0.2, 0.25) is 0 Å². The van der Waals surface area contributed by atoms with Crippen LogP contribution < -0.4 is 5.32 Å². The fourth-order valence-corrected chi connectivity index (χ4v) is 2.76. The molecule has 0 saturated carbocycles. The second-order valence-electron chi connectivity index (χ2n) is 7.16. The monoisotopic (exact) mass is 300 g/mol. The van der Waals surface area contributed by atoms with E-state index in [-0.39, 0.29) is 30.1 Å². The van der Waals surface area contributed by atoms with Crippen molar-refractivity contribution in [2.24, 2.45) is 10.8 Å². The number of amides is 2. The van der Waals surface area contributed by atoms with Crippen molar-refractivity contribution in [3.05, 3.63) is 0 Å². The van der Waals surface area contributed by atoms with Gasteiger partial charge in [-0.25, -0.2) is 4.79 Å². The first-order valence-corrected chi connectivity index (χ1v) is 8.12. The van der Waals surface area contributed by atoms with E-state index in [2.05, 4.69) is 12.2 Å². The van der Waals surface area contributed by atoms with Crippen molar-refractivity contribution in [3.8, 4) is 0 Å². The van der Waals surface area contributed by atoms with Crippen molar-refractivity contribution >= 4 is 6.03 Å². The van der Waals surface area contributed by atoms with Gasteiger partial charge in [0, 0.05) is 32.8 Å². The van der Waals surface area contributed by atoms with Crippen molar-refractivity contribution < 1.29 is 15.0 Å². The quantitative estimate of drug-likeness (QED) is 0.630. The van der Waals surface area contributed by atoms with E-state index >= 15 is 0 Å². The summed E-state index contributed by atoms with van der Waals surface area (Å²) in [4.78, 5) is 13.9. The Balaban J connectivity index is 2.26. The number of nitrogens with one attached hydrogen (secondary N) is 1. The number of piperidine rings is 1. The van der Waals surface area contributed by atoms with Crippen LogP contribution >= 0.6 is 0 Å². The maximum atomic E-state index is 12.1. The van der Waals surface area contributed by atoms with Crippen LogP contribution in [-0.4, -0.2) is 54.0 Å². The molecule has 0 spiro atoms. The summed E-state index contributed by atoms with van der Waals surface area (Å²) in [6, 6.07) is -0.000512. The fraction of sp³-hybridized carbons (Fsp3) is 0.938. The van der Waals surface area contributed by atoms with Gasteiger partial charge in [-0.05, 0) is 42.9 Å². The minimum atomic E-state index is -0.0717. The Kier molecular flexibility index (Phi) is 6.94. The highest BCUT2D eigenvalue weighted by molar-refractivity contribution is 5.74. The molecule has 2 amide bonds. The van der Waals surface area contributed by atoms with Crippen molar-refractivity contribution in [2.75, 3.05) is 32.8 Å². The number of aliphatic hydroxyl groups is 2. The third-order valence-electron chi connectivity index (χ3n) is 4.93. The van der Waals surface area contributed by atoms with E-state index in [1.165, 1.54) is 0 Å². The topological polar surface area (TPSA) is 72.8 Å². The van der Waals surface area contributed by atoms with Crippen LogP contribution in [0.1, 0.15) is 52.9 Å². The van der Waals surface area contributed by atoms with Gasteiger partial charge >= 0.3 is 6.03 Å². The largest absolute Gasteiger partial charge is 0.396 e. The van der Waals surface area contributed by atoms with Crippen LogP contribution in [0.15, 0.2) is 0 Å². The van der Waals surface area contributed by atoms with Gasteiger partial charge in [0.15, 0.2) is 0 Å². The van der Waals surface area contributed by atoms with Crippen LogP contribution in [0.2, 0.25) is 0 Å².